The molecule has 3 N–H and O–H groups in total. The Morgan fingerprint density at radius 1 is 0.646 bits per heavy atom. The van der Waals surface area contributed by atoms with E-state index in [-0.39, 0.29) is 63.1 Å². The van der Waals surface area contributed by atoms with Gasteiger partial charge in [0.1, 0.15) is 60.4 Å². The van der Waals surface area contributed by atoms with E-state index in [1.165, 1.54) is 106 Å². The van der Waals surface area contributed by atoms with Crippen LogP contribution < -0.4 is 16.0 Å². The number of carbonyl (C=O) groups is 12. The smallest absolute Gasteiger partial charge is 0.347 e. The number of hydrogen-bond acceptors (Lipinski definition) is 12. The first-order valence-corrected chi connectivity index (χ1v) is 33.4. The molecule has 28 heteroatoms. The molecule has 2 aromatic rings. The van der Waals surface area contributed by atoms with E-state index in [0.29, 0.717) is 24.8 Å². The number of rotatable bonds is 12. The van der Waals surface area contributed by atoms with Gasteiger partial charge in [-0.2, -0.15) is 13.2 Å². The molecule has 3 aliphatic rings. The molecule has 0 unspecified atom stereocenters. The number of hydrogen-bond donors (Lipinski definition) is 3. The minimum atomic E-state index is -4.77. The predicted molar refractivity (Wildman–Crippen MR) is 354 cm³/mol. The van der Waals surface area contributed by atoms with Gasteiger partial charge in [-0.3, -0.25) is 57.5 Å². The number of aryl methyl sites for hydroxylation is 2. The van der Waals surface area contributed by atoms with Crippen molar-refractivity contribution < 1.29 is 70.7 Å². The van der Waals surface area contributed by atoms with Crippen molar-refractivity contribution in [2.75, 3.05) is 76.0 Å². The molecule has 0 aromatic heterocycles. The zero-order valence-corrected chi connectivity index (χ0v) is 59.4. The van der Waals surface area contributed by atoms with Crippen LogP contribution in [-0.4, -0.2) is 251 Å². The third-order valence-corrected chi connectivity index (χ3v) is 19.6. The Bertz CT molecular complexity index is 3190. The SMILES string of the molecule is CC[C@H](C)[C@@H]1NC(=O)[C@H](CC(C)C)N(C)C(=O)C[C@@H](C(=O)N(C)C)N(C)C(=O)[C@H]([C@@H](C)CC)N(C)C(=O)[C@H](C)NC(=O)[C@@H]2CCCN2C(=O)[C@H](CCc2ccc(C(F)(F)F)c(Cl)c2)NC(=O)CN(C)C(=O)[C@H](Cc2ccc(C)cc2)N(C)C(=O)[C@@H]2CCN2C(=O)[C@H](C)N(C)C1=O. The third kappa shape index (κ3) is 19.0. The molecule has 3 heterocycles. The van der Waals surface area contributed by atoms with Gasteiger partial charge in [-0.25, -0.2) is 0 Å². The summed E-state index contributed by atoms with van der Waals surface area (Å²) in [5.74, 6) is -9.78. The van der Waals surface area contributed by atoms with E-state index >= 15 is 4.79 Å². The molecule has 3 saturated heterocycles. The highest BCUT2D eigenvalue weighted by Gasteiger charge is 2.47. The molecular weight excluding hydrogens is 1270 g/mol. The summed E-state index contributed by atoms with van der Waals surface area (Å²) < 4.78 is 41.4. The van der Waals surface area contributed by atoms with Gasteiger partial charge in [0.2, 0.25) is 70.9 Å². The maximum Gasteiger partial charge on any atom is 0.417 e. The summed E-state index contributed by atoms with van der Waals surface area (Å²) in [6.07, 6.45) is -4.37. The number of carbonyl (C=O) groups excluding carboxylic acids is 12. The van der Waals surface area contributed by atoms with E-state index in [1.54, 1.807) is 32.9 Å². The lowest BCUT2D eigenvalue weighted by Crippen LogP contribution is -2.65. The minimum absolute atomic E-state index is 0.00115. The summed E-state index contributed by atoms with van der Waals surface area (Å²) in [7, 11) is 11.1. The van der Waals surface area contributed by atoms with E-state index in [0.717, 1.165) is 32.4 Å². The van der Waals surface area contributed by atoms with Crippen molar-refractivity contribution in [2.24, 2.45) is 17.8 Å². The second-order valence-corrected chi connectivity index (χ2v) is 27.3. The predicted octanol–water partition coefficient (Wildman–Crippen LogP) is 4.15. The second-order valence-electron chi connectivity index (χ2n) is 26.9. The molecule has 3 fully saturated rings. The molecule has 5 rings (SSSR count). The quantitative estimate of drug-likeness (QED) is 0.271. The highest BCUT2D eigenvalue weighted by molar-refractivity contribution is 6.31. The zero-order valence-electron chi connectivity index (χ0n) is 58.7. The minimum Gasteiger partial charge on any atom is -0.347 e. The van der Waals surface area contributed by atoms with Crippen molar-refractivity contribution in [2.45, 2.75) is 193 Å². The normalized spacial score (nSPS) is 26.1. The van der Waals surface area contributed by atoms with Gasteiger partial charge < -0.3 is 60.0 Å². The van der Waals surface area contributed by atoms with Crippen LogP contribution in [0.25, 0.3) is 0 Å². The summed E-state index contributed by atoms with van der Waals surface area (Å²) in [6, 6.07) is -2.48. The molecule has 12 amide bonds. The number of nitrogens with zero attached hydrogens (tertiary/aromatic N) is 9. The van der Waals surface area contributed by atoms with Gasteiger partial charge >= 0.3 is 6.18 Å². The molecule has 96 heavy (non-hydrogen) atoms. The monoisotopic (exact) mass is 1370 g/mol. The number of nitrogens with one attached hydrogen (secondary N) is 3. The number of likely N-dealkylation sites (N-methyl/N-ethyl adjacent to an activating group) is 7. The van der Waals surface area contributed by atoms with Crippen molar-refractivity contribution in [3.05, 3.63) is 69.7 Å². The Balaban J connectivity index is 1.61. The third-order valence-electron chi connectivity index (χ3n) is 19.3. The highest BCUT2D eigenvalue weighted by atomic mass is 35.5. The summed E-state index contributed by atoms with van der Waals surface area (Å²) in [5.41, 5.74) is 0.739. The molecule has 0 aliphatic carbocycles. The highest BCUT2D eigenvalue weighted by Crippen LogP contribution is 2.36. The molecule has 24 nitrogen and oxygen atoms in total. The van der Waals surface area contributed by atoms with Gasteiger partial charge in [0.05, 0.1) is 23.6 Å². The van der Waals surface area contributed by atoms with E-state index in [9.17, 15) is 65.9 Å². The Hall–Kier alpha value is -7.84. The fourth-order valence-electron chi connectivity index (χ4n) is 12.4. The van der Waals surface area contributed by atoms with Crippen LogP contribution in [0.2, 0.25) is 5.02 Å². The molecule has 12 atom stereocenters. The van der Waals surface area contributed by atoms with Crippen LogP contribution >= 0.6 is 11.6 Å². The molecular formula is C68H100ClF3N12O12. The maximum atomic E-state index is 15.0. The molecule has 532 valence electrons. The number of fused-ring (bicyclic) bond motifs is 2. The standard InChI is InChI=1S/C68H100ClF3N12O12/c1-18-40(6)56-66(95)78(13)43(9)61(90)84-32-30-50(84)65(94)80(15)52(35-45-24-22-39(5)23-25-45)64(93)77(12)37-54(85)74-48(29-27-44-26-28-46(47(69)34-44)68(70,71)72)62(91)83-31-20-21-49(83)58(87)73-42(8)60(89)82(17)57(41(7)19-2)67(96)81(16)53(63(92)76(10)11)36-55(86)79(14)51(33-38(3)4)59(88)75-56/h22-26,28,34,38,40-43,48-53,56-57H,18-21,27,29-33,35-37H2,1-17H3,(H,73,87)(H,74,85)(H,75,88)/t40-,41-,42-,43-,48-,49-,50-,51-,52-,53-,56-,57-/m0/s1. The molecule has 0 bridgehead atoms. The van der Waals surface area contributed by atoms with Crippen LogP contribution in [0.15, 0.2) is 42.5 Å². The van der Waals surface area contributed by atoms with E-state index in [2.05, 4.69) is 16.0 Å². The van der Waals surface area contributed by atoms with Crippen molar-refractivity contribution in [1.82, 2.24) is 60.0 Å². The topological polar surface area (TPSA) is 270 Å². The maximum absolute atomic E-state index is 15.0. The van der Waals surface area contributed by atoms with Gasteiger partial charge in [-0.05, 0) is 100 Å². The van der Waals surface area contributed by atoms with Crippen molar-refractivity contribution in [3.8, 4) is 0 Å². The molecule has 3 aliphatic heterocycles. The van der Waals surface area contributed by atoms with Gasteiger partial charge in [0.25, 0.3) is 0 Å². The number of amides is 12. The summed E-state index contributed by atoms with van der Waals surface area (Å²) in [6.45, 7) is 14.9. The summed E-state index contributed by atoms with van der Waals surface area (Å²) in [5, 5.41) is 7.68. The van der Waals surface area contributed by atoms with E-state index in [1.807, 2.05) is 39.8 Å². The Morgan fingerprint density at radius 2 is 1.25 bits per heavy atom. The Kier molecular flexibility index (Phi) is 27.8. The van der Waals surface area contributed by atoms with Crippen LogP contribution in [0.5, 0.6) is 0 Å². The lowest BCUT2D eigenvalue weighted by Gasteiger charge is -2.45. The second kappa shape index (κ2) is 33.9. The lowest BCUT2D eigenvalue weighted by atomic mass is 9.94. The number of benzene rings is 2. The number of halogens is 4. The zero-order chi connectivity index (χ0) is 72.3. The fourth-order valence-corrected chi connectivity index (χ4v) is 12.7. The van der Waals surface area contributed by atoms with E-state index in [4.69, 9.17) is 11.6 Å². The molecule has 0 spiro atoms. The molecule has 2 aromatic carbocycles. The molecule has 0 radical (unpaired) electrons. The van der Waals surface area contributed by atoms with Crippen molar-refractivity contribution >= 4 is 82.5 Å². The number of alkyl halides is 3. The largest absolute Gasteiger partial charge is 0.417 e. The van der Waals surface area contributed by atoms with Gasteiger partial charge in [-0.1, -0.05) is 102 Å². The summed E-state index contributed by atoms with van der Waals surface area (Å²) >= 11 is 6.11. The first-order valence-electron chi connectivity index (χ1n) is 33.0. The lowest BCUT2D eigenvalue weighted by molar-refractivity contribution is -0.160. The van der Waals surface area contributed by atoms with Gasteiger partial charge in [0.15, 0.2) is 0 Å². The first kappa shape index (κ1) is 78.9. The average Bonchev–Trinajstić information content (AvgIpc) is 0.839. The Labute approximate surface area is 567 Å². The van der Waals surface area contributed by atoms with Crippen LogP contribution in [0.3, 0.4) is 0 Å². The van der Waals surface area contributed by atoms with Crippen LogP contribution in [-0.2, 0) is 76.6 Å². The van der Waals surface area contributed by atoms with Crippen LogP contribution in [0, 0.1) is 24.7 Å². The van der Waals surface area contributed by atoms with Crippen molar-refractivity contribution in [3.63, 3.8) is 0 Å². The van der Waals surface area contributed by atoms with Gasteiger partial charge in [0, 0.05) is 75.9 Å². The van der Waals surface area contributed by atoms with Crippen molar-refractivity contribution in [1.29, 1.82) is 0 Å². The summed E-state index contributed by atoms with van der Waals surface area (Å²) in [4.78, 5) is 187. The molecule has 0 saturated carbocycles. The van der Waals surface area contributed by atoms with E-state index < -0.39 is 173 Å². The van der Waals surface area contributed by atoms with Gasteiger partial charge in [-0.15, -0.1) is 0 Å². The Morgan fingerprint density at radius 3 is 1.80 bits per heavy atom. The first-order chi connectivity index (χ1) is 44.8. The van der Waals surface area contributed by atoms with Crippen LogP contribution in [0.1, 0.15) is 129 Å². The van der Waals surface area contributed by atoms with Crippen LogP contribution in [0.4, 0.5) is 13.2 Å². The average molecular weight is 1370 g/mol. The fraction of sp³-hybridized carbons (Fsp3) is 0.647.